The first-order chi connectivity index (χ1) is 19.0. The van der Waals surface area contributed by atoms with Crippen LogP contribution in [0.25, 0.3) is 0 Å². The molecule has 0 aromatic heterocycles. The van der Waals surface area contributed by atoms with Crippen molar-refractivity contribution in [1.82, 2.24) is 10.2 Å². The maximum Gasteiger partial charge on any atom is 0.264 e. The third-order valence-electron chi connectivity index (χ3n) is 6.39. The number of nitrogens with one attached hydrogen (secondary N) is 1. The minimum Gasteiger partial charge on any atom is -0.354 e. The van der Waals surface area contributed by atoms with Crippen molar-refractivity contribution in [3.8, 4) is 0 Å². The zero-order valence-corrected chi connectivity index (χ0v) is 25.5. The van der Waals surface area contributed by atoms with E-state index in [-0.39, 0.29) is 33.1 Å². The molecule has 3 aromatic carbocycles. The summed E-state index contributed by atoms with van der Waals surface area (Å²) in [5, 5.41) is 3.32. The maximum absolute atomic E-state index is 14.1. The summed E-state index contributed by atoms with van der Waals surface area (Å²) in [5.74, 6) is -0.823. The predicted octanol–water partition coefficient (Wildman–Crippen LogP) is 6.14. The number of carbonyl (C=O) groups is 2. The molecule has 1 atom stereocenters. The number of aryl methyl sites for hydroxylation is 2. The average molecular weight is 605 g/mol. The Kier molecular flexibility index (Phi) is 11.0. The smallest absolute Gasteiger partial charge is 0.264 e. The van der Waals surface area contributed by atoms with Gasteiger partial charge in [0.25, 0.3) is 10.0 Å². The summed E-state index contributed by atoms with van der Waals surface area (Å²) in [5.41, 5.74) is 2.87. The lowest BCUT2D eigenvalue weighted by Crippen LogP contribution is -2.52. The van der Waals surface area contributed by atoms with Crippen molar-refractivity contribution < 1.29 is 18.0 Å². The summed E-state index contributed by atoms with van der Waals surface area (Å²) in [7, 11) is -4.21. The molecule has 0 bridgehead atoms. The number of sulfonamides is 1. The zero-order valence-electron chi connectivity index (χ0n) is 23.2. The van der Waals surface area contributed by atoms with Crippen LogP contribution in [0.15, 0.2) is 71.6 Å². The molecule has 214 valence electrons. The highest BCUT2D eigenvalue weighted by molar-refractivity contribution is 7.92. The van der Waals surface area contributed by atoms with Crippen LogP contribution in [0.2, 0.25) is 10.0 Å². The number of halogens is 2. The van der Waals surface area contributed by atoms with Gasteiger partial charge in [0.05, 0.1) is 10.6 Å². The van der Waals surface area contributed by atoms with Crippen molar-refractivity contribution in [1.29, 1.82) is 0 Å². The Morgan fingerprint density at radius 2 is 1.55 bits per heavy atom. The molecule has 40 heavy (non-hydrogen) atoms. The van der Waals surface area contributed by atoms with Gasteiger partial charge in [-0.05, 0) is 62.6 Å². The Balaban J connectivity index is 2.09. The molecule has 10 heteroatoms. The average Bonchev–Trinajstić information content (AvgIpc) is 2.89. The third kappa shape index (κ3) is 7.99. The van der Waals surface area contributed by atoms with E-state index in [4.69, 9.17) is 23.2 Å². The molecule has 0 saturated carbocycles. The lowest BCUT2D eigenvalue weighted by Gasteiger charge is -2.33. The van der Waals surface area contributed by atoms with Crippen LogP contribution in [0.3, 0.4) is 0 Å². The van der Waals surface area contributed by atoms with Gasteiger partial charge in [-0.15, -0.1) is 0 Å². The Morgan fingerprint density at radius 3 is 2.12 bits per heavy atom. The number of amides is 2. The maximum atomic E-state index is 14.1. The Hall–Kier alpha value is -3.07. The van der Waals surface area contributed by atoms with Crippen molar-refractivity contribution >= 4 is 50.7 Å². The second kappa shape index (κ2) is 14.0. The molecule has 3 aromatic rings. The van der Waals surface area contributed by atoms with Crippen LogP contribution >= 0.6 is 23.2 Å². The molecule has 0 aliphatic heterocycles. The third-order valence-corrected chi connectivity index (χ3v) is 8.62. The molecule has 2 amide bonds. The summed E-state index contributed by atoms with van der Waals surface area (Å²) in [6.45, 7) is 7.61. The molecule has 0 heterocycles. The minimum absolute atomic E-state index is 0.0139. The summed E-state index contributed by atoms with van der Waals surface area (Å²) >= 11 is 12.5. The minimum atomic E-state index is -4.21. The van der Waals surface area contributed by atoms with Gasteiger partial charge in [0, 0.05) is 23.1 Å². The highest BCUT2D eigenvalue weighted by Crippen LogP contribution is 2.30. The van der Waals surface area contributed by atoms with Gasteiger partial charge < -0.3 is 10.2 Å². The highest BCUT2D eigenvalue weighted by Gasteiger charge is 2.33. The summed E-state index contributed by atoms with van der Waals surface area (Å²) in [4.78, 5) is 28.7. The summed E-state index contributed by atoms with van der Waals surface area (Å²) < 4.78 is 28.9. The van der Waals surface area contributed by atoms with E-state index in [1.54, 1.807) is 12.1 Å². The second-order valence-electron chi connectivity index (χ2n) is 9.68. The molecule has 0 aliphatic carbocycles. The van der Waals surface area contributed by atoms with Crippen molar-refractivity contribution in [2.45, 2.75) is 58.0 Å². The normalized spacial score (nSPS) is 12.1. The van der Waals surface area contributed by atoms with Crippen molar-refractivity contribution in [2.75, 3.05) is 17.4 Å². The van der Waals surface area contributed by atoms with E-state index in [9.17, 15) is 18.0 Å². The van der Waals surface area contributed by atoms with Crippen LogP contribution < -0.4 is 9.62 Å². The van der Waals surface area contributed by atoms with E-state index in [2.05, 4.69) is 5.32 Å². The van der Waals surface area contributed by atoms with Gasteiger partial charge in [0.15, 0.2) is 0 Å². The van der Waals surface area contributed by atoms with E-state index < -0.39 is 28.5 Å². The predicted molar refractivity (Wildman–Crippen MR) is 161 cm³/mol. The zero-order chi connectivity index (χ0) is 29.4. The standard InChI is InChI=1S/C30H35Cl2N3O4S/c1-5-14-33-30(37)28(6-2)34(19-23-9-7-8-22(4)15-23)29(36)20-35(26-17-24(31)16-25(32)18-26)40(38,39)27-12-10-21(3)11-13-27/h7-13,15-18,28H,5-6,14,19-20H2,1-4H3,(H,33,37)/t28-/m1/s1. The van der Waals surface area contributed by atoms with Gasteiger partial charge >= 0.3 is 0 Å². The fraction of sp³-hybridized carbons (Fsp3) is 0.333. The molecule has 1 N–H and O–H groups in total. The number of benzene rings is 3. The van der Waals surface area contributed by atoms with Gasteiger partial charge in [0.1, 0.15) is 12.6 Å². The number of nitrogens with zero attached hydrogens (tertiary/aromatic N) is 2. The number of hydrogen-bond acceptors (Lipinski definition) is 4. The van der Waals surface area contributed by atoms with E-state index >= 15 is 0 Å². The Bertz CT molecular complexity index is 1430. The molecule has 0 unspecified atom stereocenters. The fourth-order valence-electron chi connectivity index (χ4n) is 4.34. The molecule has 0 fully saturated rings. The molecule has 0 aliphatic rings. The quantitative estimate of drug-likeness (QED) is 0.269. The van der Waals surface area contributed by atoms with Crippen LogP contribution in [0.5, 0.6) is 0 Å². The van der Waals surface area contributed by atoms with Crippen molar-refractivity contribution in [3.63, 3.8) is 0 Å². The SMILES string of the molecule is CCCNC(=O)[C@@H](CC)N(Cc1cccc(C)c1)C(=O)CN(c1cc(Cl)cc(Cl)c1)S(=O)(=O)c1ccc(C)cc1. The van der Waals surface area contributed by atoms with E-state index in [0.717, 1.165) is 27.4 Å². The van der Waals surface area contributed by atoms with Crippen LogP contribution in [-0.2, 0) is 26.2 Å². The largest absolute Gasteiger partial charge is 0.354 e. The van der Waals surface area contributed by atoms with Gasteiger partial charge in [-0.1, -0.05) is 84.6 Å². The number of anilines is 1. The summed E-state index contributed by atoms with van der Waals surface area (Å²) in [6, 6.07) is 17.6. The van der Waals surface area contributed by atoms with Gasteiger partial charge in [0.2, 0.25) is 11.8 Å². The second-order valence-corrected chi connectivity index (χ2v) is 12.4. The lowest BCUT2D eigenvalue weighted by molar-refractivity contribution is -0.140. The molecular formula is C30H35Cl2N3O4S. The van der Waals surface area contributed by atoms with Crippen molar-refractivity contribution in [2.24, 2.45) is 0 Å². The lowest BCUT2D eigenvalue weighted by atomic mass is 10.1. The first-order valence-corrected chi connectivity index (χ1v) is 15.3. The van der Waals surface area contributed by atoms with Gasteiger partial charge in [-0.25, -0.2) is 8.42 Å². The van der Waals surface area contributed by atoms with E-state index in [1.165, 1.54) is 35.2 Å². The first-order valence-electron chi connectivity index (χ1n) is 13.1. The Morgan fingerprint density at radius 1 is 0.900 bits per heavy atom. The van der Waals surface area contributed by atoms with Gasteiger partial charge in [-0.2, -0.15) is 0 Å². The molecule has 7 nitrogen and oxygen atoms in total. The van der Waals surface area contributed by atoms with E-state index in [0.29, 0.717) is 13.0 Å². The molecule has 0 saturated heterocycles. The highest BCUT2D eigenvalue weighted by atomic mass is 35.5. The summed E-state index contributed by atoms with van der Waals surface area (Å²) in [6.07, 6.45) is 1.09. The van der Waals surface area contributed by atoms with Crippen LogP contribution in [0.4, 0.5) is 5.69 Å². The van der Waals surface area contributed by atoms with Crippen LogP contribution in [0.1, 0.15) is 43.4 Å². The van der Waals surface area contributed by atoms with E-state index in [1.807, 2.05) is 52.0 Å². The fourth-order valence-corrected chi connectivity index (χ4v) is 6.25. The molecular weight excluding hydrogens is 569 g/mol. The molecule has 3 rings (SSSR count). The molecule has 0 radical (unpaired) electrons. The van der Waals surface area contributed by atoms with Crippen LogP contribution in [0, 0.1) is 13.8 Å². The number of rotatable bonds is 12. The first kappa shape index (κ1) is 31.5. The van der Waals surface area contributed by atoms with Crippen molar-refractivity contribution in [3.05, 3.63) is 93.5 Å². The topological polar surface area (TPSA) is 86.8 Å². The number of hydrogen-bond donors (Lipinski definition) is 1. The Labute approximate surface area is 247 Å². The number of carbonyl (C=O) groups excluding carboxylic acids is 2. The van der Waals surface area contributed by atoms with Crippen LogP contribution in [-0.4, -0.2) is 44.3 Å². The monoisotopic (exact) mass is 603 g/mol. The molecule has 0 spiro atoms. The van der Waals surface area contributed by atoms with Gasteiger partial charge in [-0.3, -0.25) is 13.9 Å².